The standard InChI is InChI=1S/C16H17Br2NO/c1-3-16(11-4-6-12(17)7-5-11)19-14-8-13(18)9-15(10-14)20-2/h4-10,16,19H,3H2,1-2H3. The van der Waals surface area contributed by atoms with Gasteiger partial charge < -0.3 is 10.1 Å². The van der Waals surface area contributed by atoms with Gasteiger partial charge in [0.25, 0.3) is 0 Å². The normalized spacial score (nSPS) is 12.0. The first kappa shape index (κ1) is 15.4. The van der Waals surface area contributed by atoms with Crippen LogP contribution in [0.4, 0.5) is 5.69 Å². The summed E-state index contributed by atoms with van der Waals surface area (Å²) >= 11 is 6.97. The number of anilines is 1. The van der Waals surface area contributed by atoms with Gasteiger partial charge in [-0.1, -0.05) is 50.9 Å². The summed E-state index contributed by atoms with van der Waals surface area (Å²) < 4.78 is 7.40. The second-order valence-corrected chi connectivity index (χ2v) is 6.37. The van der Waals surface area contributed by atoms with Gasteiger partial charge in [-0.3, -0.25) is 0 Å². The van der Waals surface area contributed by atoms with E-state index in [1.807, 2.05) is 12.1 Å². The topological polar surface area (TPSA) is 21.3 Å². The van der Waals surface area contributed by atoms with Gasteiger partial charge in [0, 0.05) is 20.7 Å². The first-order valence-electron chi connectivity index (χ1n) is 6.49. The average Bonchev–Trinajstić information content (AvgIpc) is 2.45. The summed E-state index contributed by atoms with van der Waals surface area (Å²) in [6, 6.07) is 14.7. The summed E-state index contributed by atoms with van der Waals surface area (Å²) in [4.78, 5) is 0. The Balaban J connectivity index is 2.21. The summed E-state index contributed by atoms with van der Waals surface area (Å²) in [5.41, 5.74) is 2.32. The minimum Gasteiger partial charge on any atom is -0.497 e. The Bertz CT molecular complexity index is 569. The van der Waals surface area contributed by atoms with Crippen molar-refractivity contribution in [1.82, 2.24) is 0 Å². The van der Waals surface area contributed by atoms with E-state index in [9.17, 15) is 0 Å². The SMILES string of the molecule is CCC(Nc1cc(Br)cc(OC)c1)c1ccc(Br)cc1. The van der Waals surface area contributed by atoms with Crippen molar-refractivity contribution in [3.05, 3.63) is 57.0 Å². The van der Waals surface area contributed by atoms with E-state index < -0.39 is 0 Å². The van der Waals surface area contributed by atoms with Crippen molar-refractivity contribution in [2.75, 3.05) is 12.4 Å². The molecule has 2 nitrogen and oxygen atoms in total. The van der Waals surface area contributed by atoms with Gasteiger partial charge in [-0.25, -0.2) is 0 Å². The Kier molecular flexibility index (Phi) is 5.49. The van der Waals surface area contributed by atoms with Gasteiger partial charge in [0.15, 0.2) is 0 Å². The van der Waals surface area contributed by atoms with Gasteiger partial charge in [0.2, 0.25) is 0 Å². The predicted molar refractivity (Wildman–Crippen MR) is 91.5 cm³/mol. The summed E-state index contributed by atoms with van der Waals surface area (Å²) in [6.07, 6.45) is 1.01. The molecule has 0 saturated heterocycles. The number of benzene rings is 2. The van der Waals surface area contributed by atoms with Crippen molar-refractivity contribution in [1.29, 1.82) is 0 Å². The molecule has 2 aromatic rings. The molecule has 0 saturated carbocycles. The zero-order valence-electron chi connectivity index (χ0n) is 11.5. The van der Waals surface area contributed by atoms with Crippen LogP contribution in [-0.2, 0) is 0 Å². The number of ether oxygens (including phenoxy) is 1. The highest BCUT2D eigenvalue weighted by molar-refractivity contribution is 9.10. The lowest BCUT2D eigenvalue weighted by molar-refractivity contribution is 0.414. The largest absolute Gasteiger partial charge is 0.497 e. The minimum absolute atomic E-state index is 0.280. The van der Waals surface area contributed by atoms with E-state index in [2.05, 4.69) is 74.4 Å². The highest BCUT2D eigenvalue weighted by Crippen LogP contribution is 2.29. The molecule has 0 radical (unpaired) electrons. The zero-order chi connectivity index (χ0) is 14.5. The first-order valence-corrected chi connectivity index (χ1v) is 8.07. The second-order valence-electron chi connectivity index (χ2n) is 4.54. The third-order valence-corrected chi connectivity index (χ3v) is 4.12. The lowest BCUT2D eigenvalue weighted by Gasteiger charge is -2.19. The number of halogens is 2. The van der Waals surface area contributed by atoms with Gasteiger partial charge in [0.1, 0.15) is 5.75 Å². The molecule has 0 bridgehead atoms. The van der Waals surface area contributed by atoms with Crippen LogP contribution in [0.1, 0.15) is 24.9 Å². The third kappa shape index (κ3) is 4.00. The Morgan fingerprint density at radius 3 is 2.35 bits per heavy atom. The molecule has 4 heteroatoms. The smallest absolute Gasteiger partial charge is 0.122 e. The zero-order valence-corrected chi connectivity index (χ0v) is 14.7. The summed E-state index contributed by atoms with van der Waals surface area (Å²) in [5.74, 6) is 0.840. The summed E-state index contributed by atoms with van der Waals surface area (Å²) in [7, 11) is 1.68. The van der Waals surface area contributed by atoms with Crippen LogP contribution in [0.15, 0.2) is 51.4 Å². The van der Waals surface area contributed by atoms with Gasteiger partial charge in [-0.05, 0) is 36.2 Å². The molecule has 106 valence electrons. The average molecular weight is 399 g/mol. The monoisotopic (exact) mass is 397 g/mol. The van der Waals surface area contributed by atoms with Crippen LogP contribution < -0.4 is 10.1 Å². The van der Waals surface area contributed by atoms with Gasteiger partial charge in [-0.15, -0.1) is 0 Å². The Morgan fingerprint density at radius 1 is 1.05 bits per heavy atom. The molecule has 1 unspecified atom stereocenters. The molecule has 0 aliphatic rings. The minimum atomic E-state index is 0.280. The molecule has 2 aromatic carbocycles. The van der Waals surface area contributed by atoms with Gasteiger partial charge in [0.05, 0.1) is 13.2 Å². The van der Waals surface area contributed by atoms with Crippen molar-refractivity contribution in [3.63, 3.8) is 0 Å². The fourth-order valence-corrected chi connectivity index (χ4v) is 2.82. The maximum absolute atomic E-state index is 5.30. The van der Waals surface area contributed by atoms with Gasteiger partial charge in [-0.2, -0.15) is 0 Å². The maximum atomic E-state index is 5.30. The van der Waals surface area contributed by atoms with Crippen LogP contribution in [0.3, 0.4) is 0 Å². The highest BCUT2D eigenvalue weighted by atomic mass is 79.9. The van der Waals surface area contributed by atoms with E-state index in [-0.39, 0.29) is 6.04 Å². The van der Waals surface area contributed by atoms with Crippen molar-refractivity contribution < 1.29 is 4.74 Å². The molecule has 0 aliphatic carbocycles. The van der Waals surface area contributed by atoms with Crippen molar-refractivity contribution in [2.45, 2.75) is 19.4 Å². The van der Waals surface area contributed by atoms with E-state index >= 15 is 0 Å². The summed E-state index contributed by atoms with van der Waals surface area (Å²) in [6.45, 7) is 2.18. The molecular formula is C16H17Br2NO. The van der Waals surface area contributed by atoms with E-state index in [4.69, 9.17) is 4.74 Å². The van der Waals surface area contributed by atoms with Crippen LogP contribution in [0.2, 0.25) is 0 Å². The van der Waals surface area contributed by atoms with E-state index in [1.165, 1.54) is 5.56 Å². The fraction of sp³-hybridized carbons (Fsp3) is 0.250. The lowest BCUT2D eigenvalue weighted by atomic mass is 10.0. The predicted octanol–water partition coefficient (Wildman–Crippen LogP) is 5.78. The van der Waals surface area contributed by atoms with E-state index in [0.29, 0.717) is 0 Å². The number of hydrogen-bond acceptors (Lipinski definition) is 2. The number of methoxy groups -OCH3 is 1. The second kappa shape index (κ2) is 7.14. The van der Waals surface area contributed by atoms with E-state index in [1.54, 1.807) is 7.11 Å². The summed E-state index contributed by atoms with van der Waals surface area (Å²) in [5, 5.41) is 3.55. The Hall–Kier alpha value is -1.00. The maximum Gasteiger partial charge on any atom is 0.122 e. The molecule has 20 heavy (non-hydrogen) atoms. The molecule has 0 aromatic heterocycles. The van der Waals surface area contributed by atoms with Crippen LogP contribution in [0.5, 0.6) is 5.75 Å². The van der Waals surface area contributed by atoms with E-state index in [0.717, 1.165) is 26.8 Å². The van der Waals surface area contributed by atoms with Crippen LogP contribution in [0, 0.1) is 0 Å². The van der Waals surface area contributed by atoms with Crippen LogP contribution in [0.25, 0.3) is 0 Å². The highest BCUT2D eigenvalue weighted by Gasteiger charge is 2.10. The molecule has 0 fully saturated rings. The van der Waals surface area contributed by atoms with Gasteiger partial charge >= 0.3 is 0 Å². The number of hydrogen-bond donors (Lipinski definition) is 1. The van der Waals surface area contributed by atoms with Crippen LogP contribution >= 0.6 is 31.9 Å². The molecule has 0 amide bonds. The third-order valence-electron chi connectivity index (χ3n) is 3.13. The van der Waals surface area contributed by atoms with Crippen molar-refractivity contribution in [2.24, 2.45) is 0 Å². The lowest BCUT2D eigenvalue weighted by Crippen LogP contribution is -2.09. The fourth-order valence-electron chi connectivity index (χ4n) is 2.08. The molecule has 1 atom stereocenters. The van der Waals surface area contributed by atoms with Crippen molar-refractivity contribution >= 4 is 37.5 Å². The Morgan fingerprint density at radius 2 is 1.75 bits per heavy atom. The molecule has 0 aliphatic heterocycles. The van der Waals surface area contributed by atoms with Crippen molar-refractivity contribution in [3.8, 4) is 5.75 Å². The first-order chi connectivity index (χ1) is 9.62. The Labute approximate surface area is 136 Å². The number of rotatable bonds is 5. The molecule has 1 N–H and O–H groups in total. The number of nitrogens with one attached hydrogen (secondary N) is 1. The molecular weight excluding hydrogens is 382 g/mol. The molecule has 2 rings (SSSR count). The quantitative estimate of drug-likeness (QED) is 0.688. The molecule has 0 spiro atoms. The van der Waals surface area contributed by atoms with Crippen LogP contribution in [-0.4, -0.2) is 7.11 Å². The molecule has 0 heterocycles.